The molecular formula is C28H23NO8. The van der Waals surface area contributed by atoms with Crippen molar-refractivity contribution in [3.05, 3.63) is 58.4 Å². The minimum absolute atomic E-state index is 0.0256. The molecule has 0 saturated carbocycles. The lowest BCUT2D eigenvalue weighted by Gasteiger charge is -2.22. The number of hydrogen-bond acceptors (Lipinski definition) is 8. The molecule has 0 radical (unpaired) electrons. The predicted octanol–water partition coefficient (Wildman–Crippen LogP) is 4.78. The van der Waals surface area contributed by atoms with Gasteiger partial charge in [0.1, 0.15) is 11.1 Å². The van der Waals surface area contributed by atoms with Gasteiger partial charge in [0.2, 0.25) is 0 Å². The van der Waals surface area contributed by atoms with E-state index in [1.165, 1.54) is 33.5 Å². The second-order valence-corrected chi connectivity index (χ2v) is 8.83. The molecule has 0 aliphatic carbocycles. The highest BCUT2D eigenvalue weighted by atomic mass is 16.5. The third-order valence-electron chi connectivity index (χ3n) is 6.94. The summed E-state index contributed by atoms with van der Waals surface area (Å²) >= 11 is 0. The van der Waals surface area contributed by atoms with Crippen molar-refractivity contribution < 1.29 is 33.9 Å². The first kappa shape index (κ1) is 22.7. The van der Waals surface area contributed by atoms with Gasteiger partial charge in [0.15, 0.2) is 34.5 Å². The molecule has 188 valence electrons. The molecule has 1 aliphatic rings. The van der Waals surface area contributed by atoms with E-state index in [0.717, 1.165) is 11.1 Å². The average molecular weight is 501 g/mol. The van der Waals surface area contributed by atoms with Crippen molar-refractivity contribution in [2.24, 2.45) is 0 Å². The average Bonchev–Trinajstić information content (AvgIpc) is 3.25. The van der Waals surface area contributed by atoms with Gasteiger partial charge in [-0.05, 0) is 47.9 Å². The van der Waals surface area contributed by atoms with Crippen LogP contribution in [-0.4, -0.2) is 41.2 Å². The molecule has 3 heterocycles. The van der Waals surface area contributed by atoms with Crippen molar-refractivity contribution in [2.45, 2.75) is 13.0 Å². The number of aromatic nitrogens is 1. The number of phenolic OH excluding ortho intramolecular Hbond substituents is 3. The lowest BCUT2D eigenvalue weighted by atomic mass is 9.91. The van der Waals surface area contributed by atoms with E-state index < -0.39 is 5.63 Å². The first-order valence-corrected chi connectivity index (χ1v) is 11.5. The van der Waals surface area contributed by atoms with Gasteiger partial charge in [0.25, 0.3) is 0 Å². The molecule has 6 rings (SSSR count). The van der Waals surface area contributed by atoms with Crippen LogP contribution in [0.5, 0.6) is 34.5 Å². The molecule has 9 heteroatoms. The largest absolute Gasteiger partial charge is 0.504 e. The molecule has 5 aromatic rings. The Labute approximate surface area is 210 Å². The van der Waals surface area contributed by atoms with Crippen molar-refractivity contribution >= 4 is 21.9 Å². The van der Waals surface area contributed by atoms with Gasteiger partial charge in [-0.1, -0.05) is 6.07 Å². The molecule has 1 aliphatic heterocycles. The standard InChI is InChI=1S/C28H23NO8/c1-34-21-9-14(4-5-17(21)30)24-25-16-11-23(36-3)19(32)12-20(16)37-28(33)27(25)29-7-6-13-8-22(35-2)18(31)10-15(13)26(24)29/h4-5,8-12,30-32H,6-7H2,1-3H3. The SMILES string of the molecule is COc1cc(-c2c3n(c4c(=O)oc5cc(O)c(OC)cc5c24)CCc2cc(OC)c(O)cc2-3)ccc1O. The quantitative estimate of drug-likeness (QED) is 0.301. The Balaban J connectivity index is 1.84. The Bertz CT molecular complexity index is 1800. The van der Waals surface area contributed by atoms with Crippen LogP contribution in [0.2, 0.25) is 0 Å². The first-order valence-electron chi connectivity index (χ1n) is 11.5. The van der Waals surface area contributed by atoms with E-state index in [-0.39, 0.29) is 34.3 Å². The molecule has 0 atom stereocenters. The Morgan fingerprint density at radius 3 is 2.24 bits per heavy atom. The minimum Gasteiger partial charge on any atom is -0.504 e. The summed E-state index contributed by atoms with van der Waals surface area (Å²) in [4.78, 5) is 13.4. The third-order valence-corrected chi connectivity index (χ3v) is 6.94. The van der Waals surface area contributed by atoms with Gasteiger partial charge >= 0.3 is 5.63 Å². The molecule has 0 bridgehead atoms. The highest BCUT2D eigenvalue weighted by Gasteiger charge is 2.30. The third kappa shape index (κ3) is 3.20. The maximum absolute atomic E-state index is 13.4. The van der Waals surface area contributed by atoms with Gasteiger partial charge in [0, 0.05) is 34.5 Å². The lowest BCUT2D eigenvalue weighted by Crippen LogP contribution is -2.14. The fraction of sp³-hybridized carbons (Fsp3) is 0.179. The zero-order valence-corrected chi connectivity index (χ0v) is 20.3. The molecule has 0 saturated heterocycles. The van der Waals surface area contributed by atoms with Crippen LogP contribution >= 0.6 is 0 Å². The molecule has 0 unspecified atom stereocenters. The van der Waals surface area contributed by atoms with Gasteiger partial charge in [-0.2, -0.15) is 0 Å². The summed E-state index contributed by atoms with van der Waals surface area (Å²) in [6.07, 6.45) is 0.595. The zero-order valence-electron chi connectivity index (χ0n) is 20.3. The molecule has 3 N–H and O–H groups in total. The van der Waals surface area contributed by atoms with Crippen LogP contribution in [0.4, 0.5) is 0 Å². The fourth-order valence-electron chi connectivity index (χ4n) is 5.29. The number of methoxy groups -OCH3 is 3. The van der Waals surface area contributed by atoms with Crippen molar-refractivity contribution in [2.75, 3.05) is 21.3 Å². The van der Waals surface area contributed by atoms with Gasteiger partial charge in [-0.25, -0.2) is 4.79 Å². The summed E-state index contributed by atoms with van der Waals surface area (Å²) < 4.78 is 23.6. The first-order chi connectivity index (χ1) is 17.9. The Morgan fingerprint density at radius 1 is 0.838 bits per heavy atom. The Morgan fingerprint density at radius 2 is 1.51 bits per heavy atom. The number of nitrogens with zero attached hydrogens (tertiary/aromatic N) is 1. The predicted molar refractivity (Wildman–Crippen MR) is 137 cm³/mol. The molecular weight excluding hydrogens is 478 g/mol. The van der Waals surface area contributed by atoms with E-state index in [1.54, 1.807) is 30.3 Å². The van der Waals surface area contributed by atoms with Crippen LogP contribution < -0.4 is 19.8 Å². The smallest absolute Gasteiger partial charge is 0.361 e. The number of phenols is 3. The Hall–Kier alpha value is -4.79. The molecule has 3 aromatic carbocycles. The number of aryl methyl sites for hydroxylation is 2. The highest BCUT2D eigenvalue weighted by Crippen LogP contribution is 2.49. The molecule has 9 nitrogen and oxygen atoms in total. The van der Waals surface area contributed by atoms with Crippen molar-refractivity contribution in [3.63, 3.8) is 0 Å². The summed E-state index contributed by atoms with van der Waals surface area (Å²) in [5.41, 5.74) is 3.73. The number of aromatic hydroxyl groups is 3. The normalized spacial score (nSPS) is 12.4. The van der Waals surface area contributed by atoms with E-state index in [4.69, 9.17) is 18.6 Å². The summed E-state index contributed by atoms with van der Waals surface area (Å²) in [5, 5.41) is 32.4. The van der Waals surface area contributed by atoms with Crippen LogP contribution in [-0.2, 0) is 13.0 Å². The summed E-state index contributed by atoms with van der Waals surface area (Å²) in [7, 11) is 4.40. The van der Waals surface area contributed by atoms with E-state index in [9.17, 15) is 20.1 Å². The molecule has 0 spiro atoms. The van der Waals surface area contributed by atoms with Crippen LogP contribution in [0.15, 0.2) is 51.7 Å². The van der Waals surface area contributed by atoms with Crippen molar-refractivity contribution in [3.8, 4) is 56.9 Å². The van der Waals surface area contributed by atoms with Crippen molar-refractivity contribution in [1.82, 2.24) is 4.57 Å². The zero-order chi connectivity index (χ0) is 26.0. The van der Waals surface area contributed by atoms with Crippen LogP contribution in [0.3, 0.4) is 0 Å². The minimum atomic E-state index is -0.563. The van der Waals surface area contributed by atoms with Crippen LogP contribution in [0.1, 0.15) is 5.56 Å². The topological polar surface area (TPSA) is 124 Å². The van der Waals surface area contributed by atoms with E-state index in [0.29, 0.717) is 51.8 Å². The summed E-state index contributed by atoms with van der Waals surface area (Å²) in [6.45, 7) is 0.480. The van der Waals surface area contributed by atoms with Gasteiger partial charge in [-0.15, -0.1) is 0 Å². The van der Waals surface area contributed by atoms with E-state index in [2.05, 4.69) is 0 Å². The number of benzene rings is 3. The molecule has 37 heavy (non-hydrogen) atoms. The van der Waals surface area contributed by atoms with Crippen LogP contribution in [0.25, 0.3) is 44.3 Å². The Kier molecular flexibility index (Phi) is 4.98. The molecule has 2 aromatic heterocycles. The maximum Gasteiger partial charge on any atom is 0.361 e. The van der Waals surface area contributed by atoms with Gasteiger partial charge < -0.3 is 38.5 Å². The number of fused-ring (bicyclic) bond motifs is 7. The maximum atomic E-state index is 13.4. The van der Waals surface area contributed by atoms with E-state index >= 15 is 0 Å². The monoisotopic (exact) mass is 501 g/mol. The second kappa shape index (κ2) is 8.12. The number of hydrogen-bond donors (Lipinski definition) is 3. The lowest BCUT2D eigenvalue weighted by molar-refractivity contribution is 0.373. The van der Waals surface area contributed by atoms with Crippen molar-refractivity contribution in [1.29, 1.82) is 0 Å². The summed E-state index contributed by atoms with van der Waals surface area (Å²) in [5.74, 6) is 0.642. The molecule has 0 amide bonds. The van der Waals surface area contributed by atoms with Crippen LogP contribution in [0, 0.1) is 0 Å². The van der Waals surface area contributed by atoms with Gasteiger partial charge in [-0.3, -0.25) is 0 Å². The van der Waals surface area contributed by atoms with E-state index in [1.807, 2.05) is 4.57 Å². The highest BCUT2D eigenvalue weighted by molar-refractivity contribution is 6.17. The summed E-state index contributed by atoms with van der Waals surface area (Å²) in [6, 6.07) is 11.4. The number of rotatable bonds is 4. The molecule has 0 fully saturated rings. The fourth-order valence-corrected chi connectivity index (χ4v) is 5.29. The van der Waals surface area contributed by atoms with Gasteiger partial charge in [0.05, 0.1) is 27.0 Å². The second-order valence-electron chi connectivity index (χ2n) is 8.83. The number of ether oxygens (including phenoxy) is 3.